The van der Waals surface area contributed by atoms with E-state index in [1.54, 1.807) is 12.1 Å². The maximum absolute atomic E-state index is 13.0. The van der Waals surface area contributed by atoms with Crippen molar-refractivity contribution in [1.29, 1.82) is 0 Å². The van der Waals surface area contributed by atoms with Crippen LogP contribution < -0.4 is 0 Å². The van der Waals surface area contributed by atoms with E-state index in [0.29, 0.717) is 17.7 Å². The molecule has 0 radical (unpaired) electrons. The molecule has 0 aliphatic heterocycles. The number of ether oxygens (including phenoxy) is 2. The average Bonchev–Trinajstić information content (AvgIpc) is 2.84. The fourth-order valence-electron chi connectivity index (χ4n) is 4.30. The Hall–Kier alpha value is -2.66. The number of carbonyl (C=O) groups is 2. The third kappa shape index (κ3) is 7.92. The number of rotatable bonds is 10. The first-order chi connectivity index (χ1) is 16.7. The Kier molecular flexibility index (Phi) is 9.90. The lowest BCUT2D eigenvalue weighted by atomic mass is 9.87. The monoisotopic (exact) mass is 496 g/mol. The van der Waals surface area contributed by atoms with Crippen molar-refractivity contribution in [3.05, 3.63) is 70.8 Å². The van der Waals surface area contributed by atoms with Gasteiger partial charge in [-0.3, -0.25) is 0 Å². The SMILES string of the molecule is CC[N+](CC)(CC)CC(COC(=O)c1ccc(C(C)(C)C)cc1)OC(=O)c1ccc(C(C)(C)C)cc1. The van der Waals surface area contributed by atoms with E-state index in [2.05, 4.69) is 62.3 Å². The van der Waals surface area contributed by atoms with Gasteiger partial charge in [-0.05, 0) is 67.0 Å². The number of carbonyl (C=O) groups excluding carboxylic acids is 2. The lowest BCUT2D eigenvalue weighted by Crippen LogP contribution is -2.53. The molecule has 1 unspecified atom stereocenters. The molecule has 2 rings (SSSR count). The van der Waals surface area contributed by atoms with Gasteiger partial charge in [-0.15, -0.1) is 0 Å². The van der Waals surface area contributed by atoms with Gasteiger partial charge in [0, 0.05) is 0 Å². The molecule has 0 spiro atoms. The number of likely N-dealkylation sites (N-methyl/N-ethyl adjacent to an activating group) is 1. The topological polar surface area (TPSA) is 52.6 Å². The molecule has 0 amide bonds. The molecule has 1 atom stereocenters. The molecule has 2 aromatic rings. The summed E-state index contributed by atoms with van der Waals surface area (Å²) in [6.45, 7) is 22.6. The molecule has 0 heterocycles. The van der Waals surface area contributed by atoms with Gasteiger partial charge in [0.2, 0.25) is 0 Å². The molecule has 0 aromatic heterocycles. The van der Waals surface area contributed by atoms with Gasteiger partial charge >= 0.3 is 11.9 Å². The van der Waals surface area contributed by atoms with Gasteiger partial charge in [-0.1, -0.05) is 65.8 Å². The summed E-state index contributed by atoms with van der Waals surface area (Å²) in [5.74, 6) is -0.805. The number of quaternary nitrogens is 1. The molecule has 0 saturated heterocycles. The first-order valence-electron chi connectivity index (χ1n) is 13.2. The van der Waals surface area contributed by atoms with E-state index >= 15 is 0 Å². The van der Waals surface area contributed by atoms with Crippen molar-refractivity contribution in [2.45, 2.75) is 79.2 Å². The first kappa shape index (κ1) is 29.6. The van der Waals surface area contributed by atoms with Crippen LogP contribution in [0.5, 0.6) is 0 Å². The highest BCUT2D eigenvalue weighted by Gasteiger charge is 2.30. The van der Waals surface area contributed by atoms with Crippen molar-refractivity contribution in [2.24, 2.45) is 0 Å². The van der Waals surface area contributed by atoms with E-state index in [0.717, 1.165) is 35.2 Å². The minimum absolute atomic E-state index is 0.00468. The van der Waals surface area contributed by atoms with E-state index in [1.165, 1.54) is 0 Å². The Morgan fingerprint density at radius 1 is 0.694 bits per heavy atom. The van der Waals surface area contributed by atoms with Crippen molar-refractivity contribution in [1.82, 2.24) is 0 Å². The highest BCUT2D eigenvalue weighted by molar-refractivity contribution is 5.90. The molecule has 0 aliphatic rings. The summed E-state index contributed by atoms with van der Waals surface area (Å²) in [6, 6.07) is 15.1. The first-order valence-corrected chi connectivity index (χ1v) is 13.2. The van der Waals surface area contributed by atoms with Crippen LogP contribution in [-0.4, -0.2) is 55.3 Å². The fourth-order valence-corrected chi connectivity index (χ4v) is 4.30. The Bertz CT molecular complexity index is 983. The van der Waals surface area contributed by atoms with Crippen molar-refractivity contribution < 1.29 is 23.5 Å². The van der Waals surface area contributed by atoms with Crippen LogP contribution in [-0.2, 0) is 20.3 Å². The van der Waals surface area contributed by atoms with E-state index in [4.69, 9.17) is 9.47 Å². The standard InChI is InChI=1S/C31H46NO4/c1-10-32(11-2,12-3)21-27(36-29(34)24-15-19-26(20-16-24)31(7,8)9)22-35-28(33)23-13-17-25(18-14-23)30(4,5)6/h13-20,27H,10-12,21-22H2,1-9H3/q+1. The maximum atomic E-state index is 13.0. The molecule has 198 valence electrons. The molecule has 36 heavy (non-hydrogen) atoms. The summed E-state index contributed by atoms with van der Waals surface area (Å²) < 4.78 is 12.4. The van der Waals surface area contributed by atoms with Gasteiger partial charge in [0.25, 0.3) is 0 Å². The predicted molar refractivity (Wildman–Crippen MR) is 147 cm³/mol. The summed E-state index contributed by atoms with van der Waals surface area (Å²) in [4.78, 5) is 25.8. The number of hydrogen-bond acceptors (Lipinski definition) is 4. The van der Waals surface area contributed by atoms with Crippen LogP contribution in [0.25, 0.3) is 0 Å². The van der Waals surface area contributed by atoms with Crippen LogP contribution in [0.2, 0.25) is 0 Å². The van der Waals surface area contributed by atoms with Crippen molar-refractivity contribution >= 4 is 11.9 Å². The van der Waals surface area contributed by atoms with Crippen molar-refractivity contribution in [2.75, 3.05) is 32.8 Å². The van der Waals surface area contributed by atoms with E-state index < -0.39 is 18.0 Å². The zero-order valence-corrected chi connectivity index (χ0v) is 23.8. The second-order valence-corrected chi connectivity index (χ2v) is 11.8. The van der Waals surface area contributed by atoms with Crippen molar-refractivity contribution in [3.8, 4) is 0 Å². The van der Waals surface area contributed by atoms with Crippen LogP contribution >= 0.6 is 0 Å². The van der Waals surface area contributed by atoms with Crippen LogP contribution in [0.15, 0.2) is 48.5 Å². The zero-order chi connectivity index (χ0) is 27.1. The summed E-state index contributed by atoms with van der Waals surface area (Å²) in [6.07, 6.45) is -0.544. The second kappa shape index (κ2) is 12.1. The highest BCUT2D eigenvalue weighted by atomic mass is 16.6. The van der Waals surface area contributed by atoms with Gasteiger partial charge in [0.1, 0.15) is 13.2 Å². The van der Waals surface area contributed by atoms with Crippen molar-refractivity contribution in [3.63, 3.8) is 0 Å². The van der Waals surface area contributed by atoms with E-state index in [9.17, 15) is 9.59 Å². The van der Waals surface area contributed by atoms with Gasteiger partial charge in [0.05, 0.1) is 30.8 Å². The summed E-state index contributed by atoms with van der Waals surface area (Å²) in [7, 11) is 0. The summed E-state index contributed by atoms with van der Waals surface area (Å²) in [5, 5.41) is 0. The number of nitrogens with zero attached hydrogens (tertiary/aromatic N) is 1. The third-order valence-electron chi connectivity index (χ3n) is 7.25. The Morgan fingerprint density at radius 2 is 1.08 bits per heavy atom. The van der Waals surface area contributed by atoms with Gasteiger partial charge in [0.15, 0.2) is 6.10 Å². The van der Waals surface area contributed by atoms with E-state index in [-0.39, 0.29) is 17.4 Å². The number of benzene rings is 2. The molecule has 0 saturated carbocycles. The molecule has 0 fully saturated rings. The lowest BCUT2D eigenvalue weighted by molar-refractivity contribution is -0.925. The van der Waals surface area contributed by atoms with Gasteiger partial charge < -0.3 is 14.0 Å². The second-order valence-electron chi connectivity index (χ2n) is 11.8. The number of esters is 2. The molecular weight excluding hydrogens is 450 g/mol. The Labute approximate surface area is 218 Å². The largest absolute Gasteiger partial charge is 0.458 e. The Balaban J connectivity index is 2.17. The zero-order valence-electron chi connectivity index (χ0n) is 23.8. The normalized spacial score (nSPS) is 13.2. The van der Waals surface area contributed by atoms with E-state index in [1.807, 2.05) is 36.4 Å². The molecular formula is C31H46NO4+. The molecule has 0 bridgehead atoms. The molecule has 2 aromatic carbocycles. The van der Waals surface area contributed by atoms with Crippen LogP contribution in [0.4, 0.5) is 0 Å². The van der Waals surface area contributed by atoms with Gasteiger partial charge in [-0.25, -0.2) is 9.59 Å². The van der Waals surface area contributed by atoms with Crippen LogP contribution in [0.1, 0.15) is 94.2 Å². The summed E-state index contributed by atoms with van der Waals surface area (Å²) in [5.41, 5.74) is 3.31. The van der Waals surface area contributed by atoms with Crippen LogP contribution in [0, 0.1) is 0 Å². The highest BCUT2D eigenvalue weighted by Crippen LogP contribution is 2.24. The van der Waals surface area contributed by atoms with Gasteiger partial charge in [-0.2, -0.15) is 0 Å². The average molecular weight is 497 g/mol. The minimum Gasteiger partial charge on any atom is -0.458 e. The smallest absolute Gasteiger partial charge is 0.338 e. The molecule has 0 N–H and O–H groups in total. The minimum atomic E-state index is -0.544. The fraction of sp³-hybridized carbons (Fsp3) is 0.548. The number of hydrogen-bond donors (Lipinski definition) is 0. The maximum Gasteiger partial charge on any atom is 0.338 e. The quantitative estimate of drug-likeness (QED) is 0.277. The molecule has 0 aliphatic carbocycles. The summed E-state index contributed by atoms with van der Waals surface area (Å²) >= 11 is 0. The third-order valence-corrected chi connectivity index (χ3v) is 7.25. The Morgan fingerprint density at radius 3 is 1.44 bits per heavy atom. The molecule has 5 nitrogen and oxygen atoms in total. The molecule has 5 heteroatoms. The lowest BCUT2D eigenvalue weighted by Gasteiger charge is -2.38. The predicted octanol–water partition coefficient (Wildman–Crippen LogP) is 6.54. The van der Waals surface area contributed by atoms with Crippen LogP contribution in [0.3, 0.4) is 0 Å².